The van der Waals surface area contributed by atoms with Gasteiger partial charge in [-0.25, -0.2) is 9.97 Å². The van der Waals surface area contributed by atoms with Crippen molar-refractivity contribution in [2.45, 2.75) is 51.7 Å². The molecule has 0 aliphatic carbocycles. The SMILES string of the molecule is Cc1nc2c(c(N3CCCC3)n1)CCN(C(=O)CCC(F)(F)F)C2. The molecule has 2 aliphatic rings. The summed E-state index contributed by atoms with van der Waals surface area (Å²) in [5.41, 5.74) is 1.82. The minimum Gasteiger partial charge on any atom is -0.356 e. The molecule has 1 fully saturated rings. The van der Waals surface area contributed by atoms with Crippen molar-refractivity contribution in [3.63, 3.8) is 0 Å². The lowest BCUT2D eigenvalue weighted by atomic mass is 10.0. The van der Waals surface area contributed by atoms with Gasteiger partial charge >= 0.3 is 6.18 Å². The number of carbonyl (C=O) groups is 1. The van der Waals surface area contributed by atoms with Crippen LogP contribution >= 0.6 is 0 Å². The monoisotopic (exact) mass is 342 g/mol. The number of anilines is 1. The van der Waals surface area contributed by atoms with Crippen LogP contribution in [0.1, 0.15) is 42.8 Å². The first kappa shape index (κ1) is 17.0. The third-order valence-electron chi connectivity index (χ3n) is 4.54. The van der Waals surface area contributed by atoms with Gasteiger partial charge < -0.3 is 9.80 Å². The molecular weight excluding hydrogens is 321 g/mol. The quantitative estimate of drug-likeness (QED) is 0.847. The number of fused-ring (bicyclic) bond motifs is 1. The number of halogens is 3. The van der Waals surface area contributed by atoms with Crippen molar-refractivity contribution in [3.8, 4) is 0 Å². The smallest absolute Gasteiger partial charge is 0.356 e. The van der Waals surface area contributed by atoms with E-state index in [1.807, 2.05) is 6.92 Å². The summed E-state index contributed by atoms with van der Waals surface area (Å²) in [6, 6.07) is 0. The van der Waals surface area contributed by atoms with Gasteiger partial charge in [0.05, 0.1) is 18.7 Å². The Morgan fingerprint density at radius 1 is 1.17 bits per heavy atom. The van der Waals surface area contributed by atoms with Crippen molar-refractivity contribution in [1.29, 1.82) is 0 Å². The van der Waals surface area contributed by atoms with Gasteiger partial charge in [0.1, 0.15) is 11.6 Å². The third-order valence-corrected chi connectivity index (χ3v) is 4.54. The average Bonchev–Trinajstić information content (AvgIpc) is 3.04. The van der Waals surface area contributed by atoms with E-state index in [0.717, 1.165) is 43.0 Å². The number of hydrogen-bond acceptors (Lipinski definition) is 4. The zero-order valence-electron chi connectivity index (χ0n) is 13.7. The van der Waals surface area contributed by atoms with Crippen molar-refractivity contribution in [2.75, 3.05) is 24.5 Å². The highest BCUT2D eigenvalue weighted by Gasteiger charge is 2.31. The predicted octanol–water partition coefficient (Wildman–Crippen LogP) is 2.61. The molecule has 5 nitrogen and oxygen atoms in total. The second kappa shape index (κ2) is 6.57. The Kier molecular flexibility index (Phi) is 4.64. The van der Waals surface area contributed by atoms with Crippen molar-refractivity contribution >= 4 is 11.7 Å². The molecule has 3 rings (SSSR count). The van der Waals surface area contributed by atoms with Crippen LogP contribution in [0.2, 0.25) is 0 Å². The van der Waals surface area contributed by atoms with Gasteiger partial charge in [-0.05, 0) is 26.2 Å². The molecule has 0 aromatic carbocycles. The molecule has 1 aromatic heterocycles. The molecule has 0 atom stereocenters. The van der Waals surface area contributed by atoms with Gasteiger partial charge in [0.15, 0.2) is 0 Å². The molecule has 0 saturated carbocycles. The van der Waals surface area contributed by atoms with Crippen LogP contribution in [0, 0.1) is 6.92 Å². The minimum atomic E-state index is -4.30. The first-order valence-electron chi connectivity index (χ1n) is 8.29. The van der Waals surface area contributed by atoms with Crippen LogP contribution in [-0.2, 0) is 17.8 Å². The van der Waals surface area contributed by atoms with Crippen molar-refractivity contribution in [2.24, 2.45) is 0 Å². The first-order valence-corrected chi connectivity index (χ1v) is 8.29. The number of alkyl halides is 3. The van der Waals surface area contributed by atoms with E-state index in [1.54, 1.807) is 0 Å². The molecule has 24 heavy (non-hydrogen) atoms. The molecule has 3 heterocycles. The molecule has 132 valence electrons. The zero-order chi connectivity index (χ0) is 17.3. The molecule has 0 N–H and O–H groups in total. The topological polar surface area (TPSA) is 49.3 Å². The first-order chi connectivity index (χ1) is 11.3. The van der Waals surface area contributed by atoms with Gasteiger partial charge in [0, 0.05) is 31.6 Å². The van der Waals surface area contributed by atoms with E-state index in [1.165, 1.54) is 4.90 Å². The molecule has 0 radical (unpaired) electrons. The van der Waals surface area contributed by atoms with E-state index < -0.39 is 24.9 Å². The van der Waals surface area contributed by atoms with E-state index in [0.29, 0.717) is 18.8 Å². The lowest BCUT2D eigenvalue weighted by molar-refractivity contribution is -0.149. The predicted molar refractivity (Wildman–Crippen MR) is 82.6 cm³/mol. The molecule has 1 aromatic rings. The van der Waals surface area contributed by atoms with Gasteiger partial charge in [0.2, 0.25) is 5.91 Å². The Morgan fingerprint density at radius 3 is 2.54 bits per heavy atom. The van der Waals surface area contributed by atoms with E-state index in [9.17, 15) is 18.0 Å². The molecular formula is C16H21F3N4O. The van der Waals surface area contributed by atoms with Gasteiger partial charge in [-0.2, -0.15) is 13.2 Å². The highest BCUT2D eigenvalue weighted by Crippen LogP contribution is 2.29. The molecule has 1 amide bonds. The average molecular weight is 342 g/mol. The van der Waals surface area contributed by atoms with E-state index in [4.69, 9.17) is 0 Å². The largest absolute Gasteiger partial charge is 0.389 e. The Morgan fingerprint density at radius 2 is 1.88 bits per heavy atom. The van der Waals surface area contributed by atoms with Crippen LogP contribution < -0.4 is 4.90 Å². The van der Waals surface area contributed by atoms with Gasteiger partial charge in [-0.3, -0.25) is 4.79 Å². The number of rotatable bonds is 3. The van der Waals surface area contributed by atoms with E-state index in [2.05, 4.69) is 14.9 Å². The van der Waals surface area contributed by atoms with E-state index in [-0.39, 0.29) is 6.54 Å². The highest BCUT2D eigenvalue weighted by atomic mass is 19.4. The number of nitrogens with zero attached hydrogens (tertiary/aromatic N) is 4. The zero-order valence-corrected chi connectivity index (χ0v) is 13.7. The summed E-state index contributed by atoms with van der Waals surface area (Å²) < 4.78 is 36.9. The van der Waals surface area contributed by atoms with Gasteiger partial charge in [-0.15, -0.1) is 0 Å². The molecule has 0 spiro atoms. The van der Waals surface area contributed by atoms with Crippen molar-refractivity contribution in [1.82, 2.24) is 14.9 Å². The molecule has 8 heteroatoms. The highest BCUT2D eigenvalue weighted by molar-refractivity contribution is 5.76. The molecule has 0 bridgehead atoms. The number of amides is 1. The molecule has 0 unspecified atom stereocenters. The summed E-state index contributed by atoms with van der Waals surface area (Å²) >= 11 is 0. The second-order valence-corrected chi connectivity index (χ2v) is 6.39. The van der Waals surface area contributed by atoms with Crippen molar-refractivity contribution < 1.29 is 18.0 Å². The fourth-order valence-corrected chi connectivity index (χ4v) is 3.34. The number of aryl methyl sites for hydroxylation is 1. The summed E-state index contributed by atoms with van der Waals surface area (Å²) in [6.45, 7) is 4.45. The Bertz CT molecular complexity index is 626. The Balaban J connectivity index is 1.75. The summed E-state index contributed by atoms with van der Waals surface area (Å²) in [5, 5.41) is 0. The fraction of sp³-hybridized carbons (Fsp3) is 0.688. The molecule has 2 aliphatic heterocycles. The summed E-state index contributed by atoms with van der Waals surface area (Å²) in [4.78, 5) is 24.8. The van der Waals surface area contributed by atoms with E-state index >= 15 is 0 Å². The van der Waals surface area contributed by atoms with Crippen LogP contribution in [0.15, 0.2) is 0 Å². The summed E-state index contributed by atoms with van der Waals surface area (Å²) in [7, 11) is 0. The summed E-state index contributed by atoms with van der Waals surface area (Å²) in [6.07, 6.45) is -3.00. The lowest BCUT2D eigenvalue weighted by Crippen LogP contribution is -2.38. The molecule has 1 saturated heterocycles. The maximum Gasteiger partial charge on any atom is 0.389 e. The van der Waals surface area contributed by atoms with Gasteiger partial charge in [-0.1, -0.05) is 0 Å². The van der Waals surface area contributed by atoms with Crippen LogP contribution in [0.25, 0.3) is 0 Å². The van der Waals surface area contributed by atoms with Crippen LogP contribution in [0.3, 0.4) is 0 Å². The maximum atomic E-state index is 12.3. The second-order valence-electron chi connectivity index (χ2n) is 6.39. The lowest BCUT2D eigenvalue weighted by Gasteiger charge is -2.31. The standard InChI is InChI=1S/C16H21F3N4O/c1-11-20-13-10-23(14(24)4-6-16(17,18)19)9-5-12(13)15(21-11)22-7-2-3-8-22/h2-10H2,1H3. The maximum absolute atomic E-state index is 12.3. The number of aromatic nitrogens is 2. The van der Waals surface area contributed by atoms with Gasteiger partial charge in [0.25, 0.3) is 0 Å². The van der Waals surface area contributed by atoms with Crippen molar-refractivity contribution in [3.05, 3.63) is 17.1 Å². The summed E-state index contributed by atoms with van der Waals surface area (Å²) in [5.74, 6) is 1.12. The van der Waals surface area contributed by atoms with Crippen LogP contribution in [0.4, 0.5) is 19.0 Å². The number of carbonyl (C=O) groups excluding carboxylic acids is 1. The Hall–Kier alpha value is -1.86. The van der Waals surface area contributed by atoms with Crippen LogP contribution in [-0.4, -0.2) is 46.6 Å². The minimum absolute atomic E-state index is 0.274. The third kappa shape index (κ3) is 3.79. The number of hydrogen-bond donors (Lipinski definition) is 0. The Labute approximate surface area is 138 Å². The fourth-order valence-electron chi connectivity index (χ4n) is 3.34. The van der Waals surface area contributed by atoms with Crippen LogP contribution in [0.5, 0.6) is 0 Å². The normalized spacial score (nSPS) is 18.0.